The molecule has 0 heterocycles. The minimum absolute atomic E-state index is 0.0855. The topological polar surface area (TPSA) is 6.48 Å². The molecule has 3 saturated carbocycles. The van der Waals surface area contributed by atoms with Gasteiger partial charge in [0.2, 0.25) is 0 Å². The highest BCUT2D eigenvalue weighted by atomic mass is 15.1. The molecule has 0 spiro atoms. The van der Waals surface area contributed by atoms with Crippen molar-refractivity contribution in [2.75, 3.05) is 9.80 Å². The molecule has 5 unspecified atom stereocenters. The highest BCUT2D eigenvalue weighted by Gasteiger charge is 2.48. The first-order valence-electron chi connectivity index (χ1n) is 20.9. The zero-order chi connectivity index (χ0) is 37.4. The molecular weight excluding hydrogens is 665 g/mol. The van der Waals surface area contributed by atoms with Crippen LogP contribution in [0.15, 0.2) is 164 Å². The van der Waals surface area contributed by atoms with Crippen LogP contribution in [-0.2, 0) is 5.41 Å². The van der Waals surface area contributed by atoms with Crippen LogP contribution in [0, 0.1) is 23.2 Å². The van der Waals surface area contributed by atoms with Gasteiger partial charge in [-0.25, -0.2) is 0 Å². The highest BCUT2D eigenvalue weighted by molar-refractivity contribution is 5.78. The maximum Gasteiger partial charge on any atom is 0.0461 e. The molecule has 0 aromatic heterocycles. The van der Waals surface area contributed by atoms with Crippen LogP contribution in [0.4, 0.5) is 34.1 Å². The number of nitrogens with zero attached hydrogens (tertiary/aromatic N) is 2. The first kappa shape index (κ1) is 35.6. The third-order valence-corrected chi connectivity index (χ3v) is 13.6. The fraction of sp³-hybridized carbons (Fsp3) is 0.321. The van der Waals surface area contributed by atoms with Crippen LogP contribution in [0.5, 0.6) is 0 Å². The van der Waals surface area contributed by atoms with Crippen molar-refractivity contribution < 1.29 is 0 Å². The predicted octanol–water partition coefficient (Wildman–Crippen LogP) is 15.1. The average molecular weight is 721 g/mol. The summed E-state index contributed by atoms with van der Waals surface area (Å²) in [7, 11) is 0. The number of hydrogen-bond donors (Lipinski definition) is 0. The van der Waals surface area contributed by atoms with Crippen molar-refractivity contribution in [2.24, 2.45) is 23.2 Å². The Labute approximate surface area is 329 Å². The van der Waals surface area contributed by atoms with E-state index in [0.29, 0.717) is 5.92 Å². The lowest BCUT2D eigenvalue weighted by atomic mass is 9.52. The lowest BCUT2D eigenvalue weighted by Gasteiger charge is -2.51. The van der Waals surface area contributed by atoms with Crippen LogP contribution in [0.1, 0.15) is 94.7 Å². The fourth-order valence-electron chi connectivity index (χ4n) is 11.2. The number of anilines is 6. The van der Waals surface area contributed by atoms with Crippen LogP contribution in [0.3, 0.4) is 0 Å². The molecule has 0 N–H and O–H groups in total. The Balaban J connectivity index is 1.09. The fourth-order valence-corrected chi connectivity index (χ4v) is 11.2. The molecule has 0 radical (unpaired) electrons. The van der Waals surface area contributed by atoms with Crippen molar-refractivity contribution in [1.29, 1.82) is 0 Å². The SMILES string of the molecule is CC(C)(C)C1CCCCC1(c1ccc(N(c2ccccc2)c2ccccc2)cc1)c1ccc(N(c2ccccc2)c2ccc(C3CC4CCC3C4)cc2)cc1. The molecule has 2 nitrogen and oxygen atoms in total. The quantitative estimate of drug-likeness (QED) is 0.147. The minimum atomic E-state index is -0.0855. The summed E-state index contributed by atoms with van der Waals surface area (Å²) in [4.78, 5) is 4.82. The Hall–Kier alpha value is -5.08. The molecule has 3 aliphatic carbocycles. The molecule has 2 heteroatoms. The van der Waals surface area contributed by atoms with E-state index in [9.17, 15) is 0 Å². The Morgan fingerprint density at radius 1 is 0.455 bits per heavy atom. The molecule has 2 bridgehead atoms. The number of rotatable bonds is 9. The third-order valence-electron chi connectivity index (χ3n) is 13.6. The van der Waals surface area contributed by atoms with E-state index in [1.165, 1.54) is 95.8 Å². The number of benzene rings is 6. The van der Waals surface area contributed by atoms with Gasteiger partial charge in [-0.05, 0) is 151 Å². The van der Waals surface area contributed by atoms with Gasteiger partial charge >= 0.3 is 0 Å². The smallest absolute Gasteiger partial charge is 0.0461 e. The molecule has 6 aromatic rings. The lowest BCUT2D eigenvalue weighted by Crippen LogP contribution is -2.45. The largest absolute Gasteiger partial charge is 0.311 e. The molecular formula is C53H56N2. The Morgan fingerprint density at radius 2 is 0.891 bits per heavy atom. The van der Waals surface area contributed by atoms with Crippen molar-refractivity contribution in [1.82, 2.24) is 0 Å². The number of para-hydroxylation sites is 3. The zero-order valence-corrected chi connectivity index (χ0v) is 32.9. The van der Waals surface area contributed by atoms with Gasteiger partial charge in [0.25, 0.3) is 0 Å². The predicted molar refractivity (Wildman–Crippen MR) is 233 cm³/mol. The van der Waals surface area contributed by atoms with Crippen LogP contribution < -0.4 is 9.80 Å². The van der Waals surface area contributed by atoms with E-state index in [0.717, 1.165) is 24.2 Å². The number of fused-ring (bicyclic) bond motifs is 2. The van der Waals surface area contributed by atoms with Crippen LogP contribution in [0.25, 0.3) is 0 Å². The van der Waals surface area contributed by atoms with Crippen molar-refractivity contribution in [3.8, 4) is 0 Å². The summed E-state index contributed by atoms with van der Waals surface area (Å²) in [6, 6.07) is 61.3. The van der Waals surface area contributed by atoms with Gasteiger partial charge in [0, 0.05) is 39.5 Å². The molecule has 0 amide bonds. The second-order valence-corrected chi connectivity index (χ2v) is 17.8. The van der Waals surface area contributed by atoms with E-state index in [1.54, 1.807) is 0 Å². The Kier molecular flexibility index (Phi) is 9.63. The van der Waals surface area contributed by atoms with Crippen molar-refractivity contribution in [2.45, 2.75) is 83.5 Å². The van der Waals surface area contributed by atoms with E-state index in [1.807, 2.05) is 0 Å². The van der Waals surface area contributed by atoms with Crippen LogP contribution in [-0.4, -0.2) is 0 Å². The standard InChI is InChI=1S/C53H56N2/c1-52(2,3)51-21-13-14-36-53(51,42-26-32-48(33-27-42)54(44-15-7-4-8-16-44)45-17-9-5-10-18-45)43-28-34-49(35-29-43)55(46-19-11-6-12-20-46)47-30-24-40(25-31-47)50-38-39-22-23-41(50)37-39/h4-12,15-20,24-35,39,41,50-51H,13-14,21-23,36-38H2,1-3H3. The van der Waals surface area contributed by atoms with E-state index < -0.39 is 0 Å². The molecule has 5 atom stereocenters. The van der Waals surface area contributed by atoms with E-state index >= 15 is 0 Å². The molecule has 55 heavy (non-hydrogen) atoms. The van der Waals surface area contributed by atoms with Gasteiger partial charge < -0.3 is 9.80 Å². The van der Waals surface area contributed by atoms with Gasteiger partial charge in [0.15, 0.2) is 0 Å². The summed E-state index contributed by atoms with van der Waals surface area (Å²) in [6.07, 6.45) is 10.6. The first-order valence-corrected chi connectivity index (χ1v) is 20.9. The summed E-state index contributed by atoms with van der Waals surface area (Å²) in [5, 5.41) is 0. The van der Waals surface area contributed by atoms with Gasteiger partial charge in [0.05, 0.1) is 0 Å². The molecule has 9 rings (SSSR count). The van der Waals surface area contributed by atoms with Gasteiger partial charge in [-0.1, -0.05) is 131 Å². The van der Waals surface area contributed by atoms with Crippen LogP contribution >= 0.6 is 0 Å². The zero-order valence-electron chi connectivity index (χ0n) is 32.9. The average Bonchev–Trinajstić information content (AvgIpc) is 3.88. The van der Waals surface area contributed by atoms with Gasteiger partial charge in [-0.2, -0.15) is 0 Å². The second-order valence-electron chi connectivity index (χ2n) is 17.8. The summed E-state index contributed by atoms with van der Waals surface area (Å²) >= 11 is 0. The van der Waals surface area contributed by atoms with E-state index in [-0.39, 0.29) is 10.8 Å². The molecule has 0 aliphatic heterocycles. The van der Waals surface area contributed by atoms with E-state index in [2.05, 4.69) is 194 Å². The summed E-state index contributed by atoms with van der Waals surface area (Å²) < 4.78 is 0. The Bertz CT molecular complexity index is 2110. The van der Waals surface area contributed by atoms with Gasteiger partial charge in [-0.3, -0.25) is 0 Å². The number of hydrogen-bond acceptors (Lipinski definition) is 2. The highest BCUT2D eigenvalue weighted by Crippen LogP contribution is 2.56. The third kappa shape index (κ3) is 6.79. The lowest BCUT2D eigenvalue weighted by molar-refractivity contribution is 0.100. The van der Waals surface area contributed by atoms with E-state index in [4.69, 9.17) is 0 Å². The van der Waals surface area contributed by atoms with Crippen molar-refractivity contribution >= 4 is 34.1 Å². The van der Waals surface area contributed by atoms with Gasteiger partial charge in [-0.15, -0.1) is 0 Å². The maximum atomic E-state index is 2.47. The maximum absolute atomic E-state index is 2.47. The normalized spacial score (nSPS) is 23.4. The summed E-state index contributed by atoms with van der Waals surface area (Å²) in [5.41, 5.74) is 11.6. The van der Waals surface area contributed by atoms with Crippen molar-refractivity contribution in [3.05, 3.63) is 180 Å². The van der Waals surface area contributed by atoms with Crippen molar-refractivity contribution in [3.63, 3.8) is 0 Å². The molecule has 3 aliphatic rings. The molecule has 6 aromatic carbocycles. The Morgan fingerprint density at radius 3 is 1.29 bits per heavy atom. The van der Waals surface area contributed by atoms with Crippen LogP contribution in [0.2, 0.25) is 0 Å². The monoisotopic (exact) mass is 720 g/mol. The van der Waals surface area contributed by atoms with Gasteiger partial charge in [0.1, 0.15) is 0 Å². The molecule has 278 valence electrons. The summed E-state index contributed by atoms with van der Waals surface area (Å²) in [6.45, 7) is 7.39. The molecule has 3 fully saturated rings. The second kappa shape index (κ2) is 14.9. The first-order chi connectivity index (χ1) is 26.9. The summed E-state index contributed by atoms with van der Waals surface area (Å²) in [5.74, 6) is 3.10. The minimum Gasteiger partial charge on any atom is -0.311 e. The molecule has 0 saturated heterocycles.